The molecule has 2 atom stereocenters. The molecule has 4 heteroatoms. The second-order valence-corrected chi connectivity index (χ2v) is 6.08. The van der Waals surface area contributed by atoms with Crippen LogP contribution in [0.25, 0.3) is 0 Å². The Morgan fingerprint density at radius 2 is 2.19 bits per heavy atom. The van der Waals surface area contributed by atoms with Gasteiger partial charge in [-0.2, -0.15) is 0 Å². The summed E-state index contributed by atoms with van der Waals surface area (Å²) in [6.45, 7) is 6.02. The van der Waals surface area contributed by atoms with Gasteiger partial charge in [0.15, 0.2) is 0 Å². The van der Waals surface area contributed by atoms with Crippen LogP contribution >= 0.6 is 0 Å². The van der Waals surface area contributed by atoms with Crippen LogP contribution in [0.4, 0.5) is 0 Å². The van der Waals surface area contributed by atoms with Gasteiger partial charge >= 0.3 is 0 Å². The lowest BCUT2D eigenvalue weighted by molar-refractivity contribution is 0.0877. The van der Waals surface area contributed by atoms with Gasteiger partial charge in [0, 0.05) is 31.8 Å². The molecule has 1 heterocycles. The van der Waals surface area contributed by atoms with E-state index in [4.69, 9.17) is 15.2 Å². The summed E-state index contributed by atoms with van der Waals surface area (Å²) in [4.78, 5) is 2.46. The van der Waals surface area contributed by atoms with Gasteiger partial charge in [-0.25, -0.2) is 0 Å². The van der Waals surface area contributed by atoms with Crippen LogP contribution in [0.2, 0.25) is 0 Å². The maximum atomic E-state index is 6.44. The fraction of sp³-hybridized carbons (Fsp3) is 0.647. The lowest BCUT2D eigenvalue weighted by Gasteiger charge is -2.34. The predicted octanol–water partition coefficient (Wildman–Crippen LogP) is 2.36. The van der Waals surface area contributed by atoms with E-state index in [0.717, 1.165) is 37.6 Å². The van der Waals surface area contributed by atoms with E-state index < -0.39 is 0 Å². The van der Waals surface area contributed by atoms with Crippen molar-refractivity contribution in [3.63, 3.8) is 0 Å². The molecule has 118 valence electrons. The molecule has 0 amide bonds. The maximum Gasteiger partial charge on any atom is 0.123 e. The van der Waals surface area contributed by atoms with Crippen LogP contribution in [0.3, 0.4) is 0 Å². The molecular weight excluding hydrogens is 264 g/mol. The van der Waals surface area contributed by atoms with E-state index in [0.29, 0.717) is 5.92 Å². The average molecular weight is 292 g/mol. The topological polar surface area (TPSA) is 47.7 Å². The van der Waals surface area contributed by atoms with Crippen molar-refractivity contribution >= 4 is 0 Å². The number of likely N-dealkylation sites (tertiary alicyclic amines) is 1. The van der Waals surface area contributed by atoms with Gasteiger partial charge < -0.3 is 20.1 Å². The van der Waals surface area contributed by atoms with Gasteiger partial charge in [0.25, 0.3) is 0 Å². The molecule has 1 fully saturated rings. The first kappa shape index (κ1) is 16.3. The lowest BCUT2D eigenvalue weighted by atomic mass is 9.97. The maximum absolute atomic E-state index is 6.44. The fourth-order valence-electron chi connectivity index (χ4n) is 3.21. The summed E-state index contributed by atoms with van der Waals surface area (Å²) in [7, 11) is 3.48. The van der Waals surface area contributed by atoms with E-state index in [2.05, 4.69) is 24.0 Å². The van der Waals surface area contributed by atoms with Crippen molar-refractivity contribution in [2.24, 2.45) is 11.7 Å². The quantitative estimate of drug-likeness (QED) is 0.874. The molecular formula is C17H28N2O2. The number of hydrogen-bond donors (Lipinski definition) is 1. The molecule has 1 aromatic carbocycles. The van der Waals surface area contributed by atoms with Crippen LogP contribution in [0, 0.1) is 12.8 Å². The molecule has 0 aromatic heterocycles. The zero-order valence-electron chi connectivity index (χ0n) is 13.5. The standard InChI is InChI=1S/C17H28N2O2/c1-13-6-7-17(21-3)15(9-13)16(18)11-19-8-4-5-14(10-19)12-20-2/h6-7,9,14,16H,4-5,8,10-12,18H2,1-3H3. The number of benzene rings is 1. The Labute approximate surface area is 128 Å². The van der Waals surface area contributed by atoms with Crippen molar-refractivity contribution in [2.45, 2.75) is 25.8 Å². The van der Waals surface area contributed by atoms with Crippen molar-refractivity contribution < 1.29 is 9.47 Å². The van der Waals surface area contributed by atoms with Crippen molar-refractivity contribution in [3.05, 3.63) is 29.3 Å². The molecule has 1 saturated heterocycles. The molecule has 0 radical (unpaired) electrons. The Morgan fingerprint density at radius 1 is 1.38 bits per heavy atom. The molecule has 1 aliphatic heterocycles. The van der Waals surface area contributed by atoms with Gasteiger partial charge in [0.2, 0.25) is 0 Å². The molecule has 0 spiro atoms. The Hall–Kier alpha value is -1.10. The Morgan fingerprint density at radius 3 is 2.90 bits per heavy atom. The summed E-state index contributed by atoms with van der Waals surface area (Å²) >= 11 is 0. The summed E-state index contributed by atoms with van der Waals surface area (Å²) in [6, 6.07) is 6.19. The number of nitrogens with two attached hydrogens (primary N) is 1. The highest BCUT2D eigenvalue weighted by molar-refractivity contribution is 5.39. The molecule has 0 bridgehead atoms. The molecule has 2 unspecified atom stereocenters. The van der Waals surface area contributed by atoms with E-state index in [9.17, 15) is 0 Å². The van der Waals surface area contributed by atoms with Crippen LogP contribution in [0.15, 0.2) is 18.2 Å². The average Bonchev–Trinajstić information content (AvgIpc) is 2.48. The number of ether oxygens (including phenoxy) is 2. The van der Waals surface area contributed by atoms with Crippen molar-refractivity contribution in [1.29, 1.82) is 0 Å². The first-order valence-corrected chi connectivity index (χ1v) is 7.75. The van der Waals surface area contributed by atoms with E-state index >= 15 is 0 Å². The van der Waals surface area contributed by atoms with Gasteiger partial charge in [0.05, 0.1) is 13.7 Å². The minimum absolute atomic E-state index is 0.0128. The van der Waals surface area contributed by atoms with Crippen molar-refractivity contribution in [3.8, 4) is 5.75 Å². The zero-order chi connectivity index (χ0) is 15.2. The third-order valence-electron chi connectivity index (χ3n) is 4.25. The van der Waals surface area contributed by atoms with Gasteiger partial charge in [0.1, 0.15) is 5.75 Å². The molecule has 0 aliphatic carbocycles. The van der Waals surface area contributed by atoms with Gasteiger partial charge in [-0.05, 0) is 38.3 Å². The first-order chi connectivity index (χ1) is 10.1. The van der Waals surface area contributed by atoms with E-state index in [-0.39, 0.29) is 6.04 Å². The summed E-state index contributed by atoms with van der Waals surface area (Å²) in [5.74, 6) is 1.52. The SMILES string of the molecule is COCC1CCCN(CC(N)c2cc(C)ccc2OC)C1. The normalized spacial score (nSPS) is 21.2. The summed E-state index contributed by atoms with van der Waals surface area (Å²) < 4.78 is 10.7. The molecule has 0 saturated carbocycles. The minimum Gasteiger partial charge on any atom is -0.496 e. The lowest BCUT2D eigenvalue weighted by Crippen LogP contribution is -2.41. The number of piperidine rings is 1. The third-order valence-corrected chi connectivity index (χ3v) is 4.25. The van der Waals surface area contributed by atoms with Crippen LogP contribution in [-0.2, 0) is 4.74 Å². The number of nitrogens with zero attached hydrogens (tertiary/aromatic N) is 1. The number of rotatable bonds is 6. The smallest absolute Gasteiger partial charge is 0.123 e. The van der Waals surface area contributed by atoms with Crippen molar-refractivity contribution in [1.82, 2.24) is 4.90 Å². The first-order valence-electron chi connectivity index (χ1n) is 7.75. The molecule has 4 nitrogen and oxygen atoms in total. The van der Waals surface area contributed by atoms with Crippen molar-refractivity contribution in [2.75, 3.05) is 40.5 Å². The Balaban J connectivity index is 2.00. The Bertz CT molecular complexity index is 448. The monoisotopic (exact) mass is 292 g/mol. The summed E-state index contributed by atoms with van der Waals surface area (Å²) in [6.07, 6.45) is 2.49. The molecule has 2 N–H and O–H groups in total. The highest BCUT2D eigenvalue weighted by Crippen LogP contribution is 2.27. The highest BCUT2D eigenvalue weighted by atomic mass is 16.5. The van der Waals surface area contributed by atoms with E-state index in [1.165, 1.54) is 18.4 Å². The molecule has 1 aromatic rings. The van der Waals surface area contributed by atoms with Gasteiger partial charge in [-0.3, -0.25) is 0 Å². The largest absolute Gasteiger partial charge is 0.496 e. The second-order valence-electron chi connectivity index (χ2n) is 6.08. The Kier molecular flexibility index (Phi) is 6.03. The second kappa shape index (κ2) is 7.78. The van der Waals surface area contributed by atoms with Gasteiger partial charge in [-0.15, -0.1) is 0 Å². The van der Waals surface area contributed by atoms with E-state index in [1.807, 2.05) is 6.07 Å². The minimum atomic E-state index is -0.0128. The van der Waals surface area contributed by atoms with E-state index in [1.54, 1.807) is 14.2 Å². The summed E-state index contributed by atoms with van der Waals surface area (Å²) in [5, 5.41) is 0. The zero-order valence-corrected chi connectivity index (χ0v) is 13.5. The molecule has 2 rings (SSSR count). The van der Waals surface area contributed by atoms with Crippen LogP contribution in [-0.4, -0.2) is 45.4 Å². The molecule has 21 heavy (non-hydrogen) atoms. The highest BCUT2D eigenvalue weighted by Gasteiger charge is 2.22. The van der Waals surface area contributed by atoms with Crippen LogP contribution < -0.4 is 10.5 Å². The molecule has 1 aliphatic rings. The summed E-state index contributed by atoms with van der Waals surface area (Å²) in [5.41, 5.74) is 8.76. The third kappa shape index (κ3) is 4.43. The van der Waals surface area contributed by atoms with Crippen LogP contribution in [0.5, 0.6) is 5.75 Å². The predicted molar refractivity (Wildman–Crippen MR) is 85.7 cm³/mol. The number of hydrogen-bond acceptors (Lipinski definition) is 4. The van der Waals surface area contributed by atoms with Gasteiger partial charge in [-0.1, -0.05) is 17.7 Å². The number of methoxy groups -OCH3 is 2. The number of aryl methyl sites for hydroxylation is 1. The fourth-order valence-corrected chi connectivity index (χ4v) is 3.21. The van der Waals surface area contributed by atoms with Crippen LogP contribution in [0.1, 0.15) is 30.0 Å².